The third kappa shape index (κ3) is 5.60. The van der Waals surface area contributed by atoms with E-state index < -0.39 is 0 Å². The maximum Gasteiger partial charge on any atom is 0.333 e. The lowest BCUT2D eigenvalue weighted by Gasteiger charge is -2.57. The van der Waals surface area contributed by atoms with Crippen molar-refractivity contribution in [2.75, 3.05) is 4.81 Å². The van der Waals surface area contributed by atoms with Crippen LogP contribution in [0.3, 0.4) is 0 Å². The van der Waals surface area contributed by atoms with E-state index in [0.717, 1.165) is 58.3 Å². The van der Waals surface area contributed by atoms with Crippen molar-refractivity contribution in [1.29, 1.82) is 0 Å². The van der Waals surface area contributed by atoms with Gasteiger partial charge >= 0.3 is 6.85 Å². The minimum atomic E-state index is -0.108. The molecule has 4 nitrogen and oxygen atoms in total. The molecule has 2 aromatic heterocycles. The van der Waals surface area contributed by atoms with Gasteiger partial charge in [0, 0.05) is 49.2 Å². The van der Waals surface area contributed by atoms with Crippen LogP contribution in [-0.2, 0) is 10.8 Å². The second-order valence-electron chi connectivity index (χ2n) is 24.6. The summed E-state index contributed by atoms with van der Waals surface area (Å²) in [5.74, 6) is 7.28. The van der Waals surface area contributed by atoms with Crippen molar-refractivity contribution in [2.24, 2.45) is 29.6 Å². The molecule has 0 amide bonds. The van der Waals surface area contributed by atoms with Crippen LogP contribution >= 0.6 is 11.3 Å². The van der Waals surface area contributed by atoms with Gasteiger partial charge in [0.05, 0.1) is 21.4 Å². The van der Waals surface area contributed by atoms with Crippen molar-refractivity contribution in [3.05, 3.63) is 163 Å². The molecule has 0 spiro atoms. The van der Waals surface area contributed by atoms with Crippen LogP contribution in [0.5, 0.6) is 23.0 Å². The Morgan fingerprint density at radius 3 is 1.96 bits per heavy atom. The van der Waals surface area contributed by atoms with Crippen molar-refractivity contribution in [1.82, 2.24) is 4.57 Å². The smallest absolute Gasteiger partial charge is 0.333 e. The molecule has 8 aromatic carbocycles. The summed E-state index contributed by atoms with van der Waals surface area (Å²) < 4.78 is 19.2. The van der Waals surface area contributed by atoms with E-state index in [4.69, 9.17) is 9.47 Å². The van der Waals surface area contributed by atoms with Crippen LogP contribution in [0.15, 0.2) is 152 Å². The molecule has 9 aliphatic rings. The fraction of sp³-hybridized carbons (Fsp3) is 0.294. The van der Waals surface area contributed by atoms with Crippen molar-refractivity contribution >= 4 is 82.5 Å². The summed E-state index contributed by atoms with van der Waals surface area (Å²) in [6.45, 7) is 2.39. The van der Waals surface area contributed by atoms with Gasteiger partial charge in [-0.25, -0.2) is 0 Å². The number of hydrogen-bond donors (Lipinski definition) is 0. The van der Waals surface area contributed by atoms with E-state index in [-0.39, 0.29) is 17.7 Å². The first kappa shape index (κ1) is 41.6. The maximum absolute atomic E-state index is 6.87. The molecule has 2 unspecified atom stereocenters. The minimum absolute atomic E-state index is 0.108. The van der Waals surface area contributed by atoms with Crippen molar-refractivity contribution in [3.8, 4) is 50.9 Å². The first-order chi connectivity index (χ1) is 36.4. The van der Waals surface area contributed by atoms with E-state index in [0.29, 0.717) is 0 Å². The van der Waals surface area contributed by atoms with E-state index in [2.05, 4.69) is 144 Å². The van der Waals surface area contributed by atoms with Gasteiger partial charge < -0.3 is 18.9 Å². The molecule has 0 radical (unpaired) electrons. The van der Waals surface area contributed by atoms with Gasteiger partial charge in [0.1, 0.15) is 0 Å². The van der Waals surface area contributed by atoms with Crippen LogP contribution < -0.4 is 25.2 Å². The van der Waals surface area contributed by atoms with Crippen LogP contribution in [0.2, 0.25) is 0 Å². The second-order valence-corrected chi connectivity index (χ2v) is 25.7. The molecule has 6 heteroatoms. The molecule has 6 bridgehead atoms. The van der Waals surface area contributed by atoms with E-state index in [9.17, 15) is 0 Å². The van der Waals surface area contributed by atoms with Gasteiger partial charge in [-0.3, -0.25) is 0 Å². The number of thiophene rings is 1. The maximum atomic E-state index is 6.87. The second kappa shape index (κ2) is 14.8. The summed E-state index contributed by atoms with van der Waals surface area (Å²) in [7, 11) is 0. The van der Waals surface area contributed by atoms with Crippen molar-refractivity contribution in [3.63, 3.8) is 0 Å². The number of ether oxygens (including phenoxy) is 2. The normalized spacial score (nSPS) is 26.3. The van der Waals surface area contributed by atoms with Gasteiger partial charge in [0.25, 0.3) is 0 Å². The molecule has 0 N–H and O–H groups in total. The Morgan fingerprint density at radius 1 is 0.554 bits per heavy atom. The molecular weight excluding hydrogens is 920 g/mol. The summed E-state index contributed by atoms with van der Waals surface area (Å²) in [5, 5.41) is 5.56. The Bertz CT molecular complexity index is 4030. The third-order valence-corrected chi connectivity index (χ3v) is 21.9. The van der Waals surface area contributed by atoms with Gasteiger partial charge in [-0.1, -0.05) is 105 Å². The highest BCUT2D eigenvalue weighted by atomic mass is 32.1. The quantitative estimate of drug-likeness (QED) is 0.161. The average molecular weight is 977 g/mol. The predicted octanol–water partition coefficient (Wildman–Crippen LogP) is 17.3. The van der Waals surface area contributed by atoms with Crippen LogP contribution in [-0.4, -0.2) is 11.4 Å². The molecule has 6 aliphatic carbocycles. The molecule has 6 fully saturated rings. The molecule has 3 aliphatic heterocycles. The van der Waals surface area contributed by atoms with Crippen molar-refractivity contribution < 1.29 is 9.47 Å². The monoisotopic (exact) mass is 976 g/mol. The highest BCUT2D eigenvalue weighted by Crippen LogP contribution is 2.62. The Morgan fingerprint density at radius 2 is 1.22 bits per heavy atom. The summed E-state index contributed by atoms with van der Waals surface area (Å²) in [5.41, 5.74) is 17.8. The van der Waals surface area contributed by atoms with Crippen molar-refractivity contribution in [2.45, 2.75) is 94.8 Å². The largest absolute Gasteiger partial charge is 0.449 e. The SMILES string of the molecule is CCC1(c2ccc3c(c2)c2cc(C45CC6CC(CC(C6)C4)C5)cc4c2n3-c2c3c(cc5c2sc2ccccc25)-c2cc5c(cc2N(c2ccc(-c6ccccc6)cc2)B34)Oc2ccccc2O5)CC2CCC(C2)C1. The predicted molar refractivity (Wildman–Crippen MR) is 307 cm³/mol. The number of rotatable bonds is 5. The van der Waals surface area contributed by atoms with Gasteiger partial charge in [0.15, 0.2) is 23.0 Å². The number of hydrogen-bond acceptors (Lipinski definition) is 4. The summed E-state index contributed by atoms with van der Waals surface area (Å²) in [6, 6.07) is 58.2. The Kier molecular flexibility index (Phi) is 8.29. The summed E-state index contributed by atoms with van der Waals surface area (Å²) in [4.78, 5) is 2.72. The molecule has 19 rings (SSSR count). The van der Waals surface area contributed by atoms with Gasteiger partial charge in [-0.05, 0) is 204 Å². The highest BCUT2D eigenvalue weighted by molar-refractivity contribution is 7.26. The fourth-order valence-electron chi connectivity index (χ4n) is 18.0. The lowest BCUT2D eigenvalue weighted by Crippen LogP contribution is -2.61. The third-order valence-electron chi connectivity index (χ3n) is 20.7. The molecule has 5 heterocycles. The van der Waals surface area contributed by atoms with Gasteiger partial charge in [0.2, 0.25) is 0 Å². The van der Waals surface area contributed by atoms with E-state index >= 15 is 0 Å². The Labute approximate surface area is 437 Å². The Hall–Kier alpha value is -6.76. The molecule has 10 aromatic rings. The average Bonchev–Trinajstić information content (AvgIpc) is 4.16. The number of para-hydroxylation sites is 2. The van der Waals surface area contributed by atoms with Crippen LogP contribution in [0.4, 0.5) is 11.4 Å². The van der Waals surface area contributed by atoms with Gasteiger partial charge in [-0.15, -0.1) is 11.3 Å². The number of benzene rings is 8. The standard InChI is InChI=1S/C68H57BN2O2S/c1-2-67(34-39-16-17-40(24-39)35-67)46-20-23-56-50(28-46)53-29-47(68-36-41-25-42(37-68)27-43(26-41)38-68)30-55-64(53)70(56)65-63-52(31-54-49-12-6-9-15-62(49)74-66(54)65)51-32-60-61(73-59-14-8-7-13-58(59)72-60)33-57(51)71(69(55)63)48-21-18-45(19-22-48)44-10-4-3-5-11-44/h3-15,18-23,28-33,39-43H,2,16-17,24-27,34-38H2,1H3. The van der Waals surface area contributed by atoms with Crippen LogP contribution in [0.1, 0.15) is 95.1 Å². The molecule has 0 saturated heterocycles. The van der Waals surface area contributed by atoms with Crippen LogP contribution in [0, 0.1) is 29.6 Å². The number of nitrogens with zero attached hydrogens (tertiary/aromatic N) is 2. The highest BCUT2D eigenvalue weighted by Gasteiger charge is 2.53. The van der Waals surface area contributed by atoms with Gasteiger partial charge in [-0.2, -0.15) is 0 Å². The topological polar surface area (TPSA) is 26.6 Å². The number of aromatic nitrogens is 1. The zero-order valence-electron chi connectivity index (χ0n) is 42.0. The fourth-order valence-corrected chi connectivity index (χ4v) is 19.3. The molecular formula is C68H57BN2O2S. The van der Waals surface area contributed by atoms with E-state index in [1.54, 1.807) is 11.1 Å². The molecule has 2 atom stereocenters. The first-order valence-corrected chi connectivity index (χ1v) is 29.0. The van der Waals surface area contributed by atoms with Crippen LogP contribution in [0.25, 0.3) is 69.9 Å². The molecule has 6 saturated carbocycles. The first-order valence-electron chi connectivity index (χ1n) is 28.1. The lowest BCUT2D eigenvalue weighted by atomic mass is 9.42. The minimum Gasteiger partial charge on any atom is -0.449 e. The lowest BCUT2D eigenvalue weighted by molar-refractivity contribution is -0.00509. The molecule has 360 valence electrons. The van der Waals surface area contributed by atoms with E-state index in [1.807, 2.05) is 35.6 Å². The molecule has 74 heavy (non-hydrogen) atoms. The Balaban J connectivity index is 0.971. The zero-order valence-corrected chi connectivity index (χ0v) is 42.8. The summed E-state index contributed by atoms with van der Waals surface area (Å²) >= 11 is 1.98. The van der Waals surface area contributed by atoms with E-state index in [1.165, 1.54) is 164 Å². The number of fused-ring (bicyclic) bond motifs is 15. The zero-order chi connectivity index (χ0) is 48.2. The summed E-state index contributed by atoms with van der Waals surface area (Å²) in [6.07, 6.45) is 16.5. The number of anilines is 2.